The van der Waals surface area contributed by atoms with E-state index in [1.54, 1.807) is 0 Å². The average Bonchev–Trinajstić information content (AvgIpc) is 2.19. The molecule has 0 spiro atoms. The van der Waals surface area contributed by atoms with E-state index in [-0.39, 0.29) is 0 Å². The third-order valence-corrected chi connectivity index (χ3v) is 4.17. The zero-order chi connectivity index (χ0) is 9.52. The van der Waals surface area contributed by atoms with Gasteiger partial charge in [-0.1, -0.05) is 37.3 Å². The van der Waals surface area contributed by atoms with Gasteiger partial charge in [-0.15, -0.1) is 0 Å². The summed E-state index contributed by atoms with van der Waals surface area (Å²) < 4.78 is 5.73. The van der Waals surface area contributed by atoms with Gasteiger partial charge in [0.2, 0.25) is 0 Å². The van der Waals surface area contributed by atoms with E-state index >= 15 is 0 Å². The van der Waals surface area contributed by atoms with E-state index in [1.165, 1.54) is 11.6 Å². The average molecular weight is 194 g/mol. The molecule has 13 heavy (non-hydrogen) atoms. The first-order chi connectivity index (χ1) is 6.33. The summed E-state index contributed by atoms with van der Waals surface area (Å²) in [5.41, 5.74) is 1.37. The Kier molecular flexibility index (Phi) is 4.79. The number of benzene rings is 1. The molecule has 1 aromatic rings. The fraction of sp³-hybridized carbons (Fsp3) is 0.455. The van der Waals surface area contributed by atoms with Crippen molar-refractivity contribution in [2.75, 3.05) is 6.61 Å². The maximum absolute atomic E-state index is 5.73. The van der Waals surface area contributed by atoms with Gasteiger partial charge in [-0.2, -0.15) is 0 Å². The first-order valence-electron chi connectivity index (χ1n) is 4.98. The molecule has 1 rings (SSSR count). The Balaban J connectivity index is 2.20. The molecule has 0 heterocycles. The minimum absolute atomic E-state index is 0.823. The van der Waals surface area contributed by atoms with Crippen LogP contribution in [0.1, 0.15) is 12.5 Å². The lowest BCUT2D eigenvalue weighted by molar-refractivity contribution is 0.327. The van der Waals surface area contributed by atoms with Gasteiger partial charge in [0, 0.05) is 6.61 Å². The molecule has 0 aliphatic carbocycles. The summed E-state index contributed by atoms with van der Waals surface area (Å²) in [4.78, 5) is 0. The second kappa shape index (κ2) is 5.94. The monoisotopic (exact) mass is 194 g/mol. The predicted octanol–water partition coefficient (Wildman–Crippen LogP) is 2.62. The van der Waals surface area contributed by atoms with E-state index in [1.807, 2.05) is 6.07 Å². The molecule has 0 amide bonds. The van der Waals surface area contributed by atoms with Crippen LogP contribution in [0.15, 0.2) is 30.3 Å². The first kappa shape index (κ1) is 10.5. The van der Waals surface area contributed by atoms with Crippen LogP contribution < -0.4 is 0 Å². The molecule has 1 aromatic carbocycles. The van der Waals surface area contributed by atoms with Gasteiger partial charge in [0.1, 0.15) is 0 Å². The van der Waals surface area contributed by atoms with Gasteiger partial charge in [0.15, 0.2) is 9.04 Å². The molecule has 0 N–H and O–H groups in total. The van der Waals surface area contributed by atoms with Crippen LogP contribution in [0.2, 0.25) is 12.6 Å². The fourth-order valence-corrected chi connectivity index (χ4v) is 1.90. The van der Waals surface area contributed by atoms with E-state index in [2.05, 4.69) is 37.7 Å². The lowest BCUT2D eigenvalue weighted by Crippen LogP contribution is -2.13. The molecule has 0 saturated heterocycles. The Hall–Kier alpha value is -0.603. The van der Waals surface area contributed by atoms with Gasteiger partial charge >= 0.3 is 0 Å². The van der Waals surface area contributed by atoms with Crippen molar-refractivity contribution < 1.29 is 4.43 Å². The summed E-state index contributed by atoms with van der Waals surface area (Å²) in [5.74, 6) is 0. The fourth-order valence-electron chi connectivity index (χ4n) is 1.14. The van der Waals surface area contributed by atoms with Crippen molar-refractivity contribution in [3.63, 3.8) is 0 Å². The lowest BCUT2D eigenvalue weighted by atomic mass is 10.2. The molecule has 0 radical (unpaired) electrons. The molecule has 1 nitrogen and oxygen atoms in total. The molecular formula is C11H18OSi. The minimum Gasteiger partial charge on any atom is -0.420 e. The molecule has 1 unspecified atom stereocenters. The molecule has 0 fully saturated rings. The molecule has 0 bridgehead atoms. The highest BCUT2D eigenvalue weighted by Gasteiger charge is 1.99. The Morgan fingerprint density at radius 2 is 1.92 bits per heavy atom. The molecule has 1 atom stereocenters. The highest BCUT2D eigenvalue weighted by Crippen LogP contribution is 2.01. The highest BCUT2D eigenvalue weighted by molar-refractivity contribution is 6.49. The highest BCUT2D eigenvalue weighted by atomic mass is 28.3. The van der Waals surface area contributed by atoms with Crippen LogP contribution in [0.4, 0.5) is 0 Å². The normalized spacial score (nSPS) is 12.8. The SMILES string of the molecule is CC[SiH](C)OCCc1ccccc1. The van der Waals surface area contributed by atoms with E-state index in [0.29, 0.717) is 0 Å². The van der Waals surface area contributed by atoms with Crippen LogP contribution >= 0.6 is 0 Å². The Labute approximate surface area is 82.5 Å². The van der Waals surface area contributed by atoms with Gasteiger partial charge in [0.05, 0.1) is 0 Å². The lowest BCUT2D eigenvalue weighted by Gasteiger charge is -2.08. The molecule has 0 aromatic heterocycles. The summed E-state index contributed by atoms with van der Waals surface area (Å²) in [5, 5.41) is 0. The Bertz CT molecular complexity index is 223. The number of hydrogen-bond donors (Lipinski definition) is 0. The van der Waals surface area contributed by atoms with E-state index in [0.717, 1.165) is 13.0 Å². The Morgan fingerprint density at radius 3 is 2.54 bits per heavy atom. The van der Waals surface area contributed by atoms with Crippen LogP contribution in [0.25, 0.3) is 0 Å². The van der Waals surface area contributed by atoms with Crippen molar-refractivity contribution in [3.8, 4) is 0 Å². The predicted molar refractivity (Wildman–Crippen MR) is 59.6 cm³/mol. The van der Waals surface area contributed by atoms with Gasteiger partial charge in [-0.05, 0) is 24.6 Å². The van der Waals surface area contributed by atoms with Gasteiger partial charge in [-0.3, -0.25) is 0 Å². The van der Waals surface area contributed by atoms with Gasteiger partial charge < -0.3 is 4.43 Å². The summed E-state index contributed by atoms with van der Waals surface area (Å²) >= 11 is 0. The molecule has 0 aliphatic rings. The van der Waals surface area contributed by atoms with Crippen LogP contribution in [-0.4, -0.2) is 15.6 Å². The van der Waals surface area contributed by atoms with Crippen LogP contribution in [0.5, 0.6) is 0 Å². The number of rotatable bonds is 5. The van der Waals surface area contributed by atoms with Crippen molar-refractivity contribution in [3.05, 3.63) is 35.9 Å². The van der Waals surface area contributed by atoms with Crippen molar-refractivity contribution in [2.24, 2.45) is 0 Å². The van der Waals surface area contributed by atoms with Crippen molar-refractivity contribution in [2.45, 2.75) is 25.9 Å². The molecule has 2 heteroatoms. The van der Waals surface area contributed by atoms with Crippen molar-refractivity contribution in [1.82, 2.24) is 0 Å². The zero-order valence-corrected chi connectivity index (χ0v) is 9.65. The summed E-state index contributed by atoms with van der Waals surface area (Å²) in [6.45, 7) is 5.36. The van der Waals surface area contributed by atoms with E-state index < -0.39 is 9.04 Å². The van der Waals surface area contributed by atoms with Crippen LogP contribution in [-0.2, 0) is 10.8 Å². The second-order valence-corrected chi connectivity index (χ2v) is 6.10. The largest absolute Gasteiger partial charge is 0.420 e. The Morgan fingerprint density at radius 1 is 1.23 bits per heavy atom. The maximum Gasteiger partial charge on any atom is 0.173 e. The smallest absolute Gasteiger partial charge is 0.173 e. The molecular weight excluding hydrogens is 176 g/mol. The molecule has 0 aliphatic heterocycles. The summed E-state index contributed by atoms with van der Waals surface area (Å²) in [7, 11) is -0.823. The van der Waals surface area contributed by atoms with Crippen LogP contribution in [0, 0.1) is 0 Å². The standard InChI is InChI=1S/C11H18OSi/c1-3-13(2)12-10-9-11-7-5-4-6-8-11/h4-8,13H,3,9-10H2,1-2H3. The van der Waals surface area contributed by atoms with Gasteiger partial charge in [0.25, 0.3) is 0 Å². The molecule has 0 saturated carbocycles. The quantitative estimate of drug-likeness (QED) is 0.655. The summed E-state index contributed by atoms with van der Waals surface area (Å²) in [6, 6.07) is 11.7. The van der Waals surface area contributed by atoms with Gasteiger partial charge in [-0.25, -0.2) is 0 Å². The molecule has 72 valence electrons. The topological polar surface area (TPSA) is 9.23 Å². The van der Waals surface area contributed by atoms with Crippen LogP contribution in [0.3, 0.4) is 0 Å². The maximum atomic E-state index is 5.73. The van der Waals surface area contributed by atoms with E-state index in [4.69, 9.17) is 4.43 Å². The summed E-state index contributed by atoms with van der Waals surface area (Å²) in [6.07, 6.45) is 1.05. The second-order valence-electron chi connectivity index (χ2n) is 3.33. The third kappa shape index (κ3) is 4.25. The third-order valence-electron chi connectivity index (χ3n) is 2.21. The first-order valence-corrected chi connectivity index (χ1v) is 7.42. The van der Waals surface area contributed by atoms with Crippen molar-refractivity contribution in [1.29, 1.82) is 0 Å². The number of hydrogen-bond acceptors (Lipinski definition) is 1. The van der Waals surface area contributed by atoms with Crippen molar-refractivity contribution >= 4 is 9.04 Å². The zero-order valence-electron chi connectivity index (χ0n) is 8.49. The minimum atomic E-state index is -0.823. The van der Waals surface area contributed by atoms with E-state index in [9.17, 15) is 0 Å².